The quantitative estimate of drug-likeness (QED) is 0.788. The van der Waals surface area contributed by atoms with Gasteiger partial charge in [0.05, 0.1) is 5.56 Å². The summed E-state index contributed by atoms with van der Waals surface area (Å²) in [5.41, 5.74) is 6.05. The highest BCUT2D eigenvalue weighted by Gasteiger charge is 2.50. The number of nitrogens with one attached hydrogen (secondary N) is 1. The molecule has 5 heteroatoms. The molecular weight excluding hydrogens is 328 g/mol. The fraction of sp³-hybridized carbons (Fsp3) is 0.619. The summed E-state index contributed by atoms with van der Waals surface area (Å²) in [6, 6.07) is 6.99. The molecule has 0 saturated heterocycles. The SMILES string of the molecule is NC(=O)COc1ccccc1C(=O)NCCC12CC3CC(CC(C3)C1)C2. The second kappa shape index (κ2) is 6.93. The molecule has 0 heterocycles. The highest BCUT2D eigenvalue weighted by molar-refractivity contribution is 5.97. The summed E-state index contributed by atoms with van der Waals surface area (Å²) in [4.78, 5) is 23.5. The highest BCUT2D eigenvalue weighted by Crippen LogP contribution is 2.61. The summed E-state index contributed by atoms with van der Waals surface area (Å²) >= 11 is 0. The van der Waals surface area contributed by atoms with Gasteiger partial charge in [0.2, 0.25) is 0 Å². The Balaban J connectivity index is 1.34. The standard InChI is InChI=1S/C21H28N2O3/c22-19(24)13-26-18-4-2-1-3-17(18)20(25)23-6-5-21-10-14-7-15(11-21)9-16(8-14)12-21/h1-4,14-16H,5-13H2,(H2,22,24)(H,23,25). The average Bonchev–Trinajstić information content (AvgIpc) is 2.58. The zero-order chi connectivity index (χ0) is 18.1. The Hall–Kier alpha value is -2.04. The zero-order valence-corrected chi connectivity index (χ0v) is 15.2. The maximum Gasteiger partial charge on any atom is 0.255 e. The van der Waals surface area contributed by atoms with Crippen LogP contribution in [0.1, 0.15) is 55.3 Å². The molecular formula is C21H28N2O3. The second-order valence-corrected chi connectivity index (χ2v) is 8.67. The molecule has 0 atom stereocenters. The van der Waals surface area contributed by atoms with E-state index in [-0.39, 0.29) is 12.5 Å². The van der Waals surface area contributed by atoms with Crippen LogP contribution in [0.5, 0.6) is 5.75 Å². The molecule has 0 aliphatic heterocycles. The number of benzene rings is 1. The van der Waals surface area contributed by atoms with E-state index in [1.54, 1.807) is 24.3 Å². The van der Waals surface area contributed by atoms with Gasteiger partial charge in [-0.15, -0.1) is 0 Å². The van der Waals surface area contributed by atoms with Crippen molar-refractivity contribution >= 4 is 11.8 Å². The van der Waals surface area contributed by atoms with Gasteiger partial charge in [0.25, 0.3) is 11.8 Å². The van der Waals surface area contributed by atoms with Crippen molar-refractivity contribution in [1.29, 1.82) is 0 Å². The van der Waals surface area contributed by atoms with Crippen LogP contribution in [-0.2, 0) is 4.79 Å². The summed E-state index contributed by atoms with van der Waals surface area (Å²) in [6.45, 7) is 0.479. The Morgan fingerprint density at radius 1 is 1.08 bits per heavy atom. The molecule has 26 heavy (non-hydrogen) atoms. The Morgan fingerprint density at radius 2 is 1.69 bits per heavy atom. The smallest absolute Gasteiger partial charge is 0.255 e. The van der Waals surface area contributed by atoms with Gasteiger partial charge in [-0.25, -0.2) is 0 Å². The average molecular weight is 356 g/mol. The molecule has 4 aliphatic carbocycles. The number of ether oxygens (including phenoxy) is 1. The number of amides is 2. The fourth-order valence-corrected chi connectivity index (χ4v) is 6.06. The predicted molar refractivity (Wildman–Crippen MR) is 98.7 cm³/mol. The number of rotatable bonds is 7. The topological polar surface area (TPSA) is 81.4 Å². The van der Waals surface area contributed by atoms with Gasteiger partial charge >= 0.3 is 0 Å². The van der Waals surface area contributed by atoms with Crippen LogP contribution in [0, 0.1) is 23.2 Å². The normalized spacial score (nSPS) is 31.6. The van der Waals surface area contributed by atoms with E-state index < -0.39 is 5.91 Å². The molecule has 3 N–H and O–H groups in total. The maximum absolute atomic E-state index is 12.6. The second-order valence-electron chi connectivity index (χ2n) is 8.67. The number of hydrogen-bond acceptors (Lipinski definition) is 3. The van der Waals surface area contributed by atoms with Gasteiger partial charge in [0, 0.05) is 6.54 Å². The number of carbonyl (C=O) groups excluding carboxylic acids is 2. The van der Waals surface area contributed by atoms with Crippen LogP contribution in [-0.4, -0.2) is 25.0 Å². The van der Waals surface area contributed by atoms with Gasteiger partial charge in [0.15, 0.2) is 6.61 Å². The van der Waals surface area contributed by atoms with E-state index in [2.05, 4.69) is 5.32 Å². The van der Waals surface area contributed by atoms with Gasteiger partial charge in [-0.3, -0.25) is 9.59 Å². The van der Waals surface area contributed by atoms with E-state index >= 15 is 0 Å². The van der Waals surface area contributed by atoms with Crippen LogP contribution < -0.4 is 15.8 Å². The third-order valence-corrected chi connectivity index (χ3v) is 6.61. The van der Waals surface area contributed by atoms with Crippen LogP contribution in [0.2, 0.25) is 0 Å². The van der Waals surface area contributed by atoms with Crippen LogP contribution in [0.15, 0.2) is 24.3 Å². The van der Waals surface area contributed by atoms with E-state index in [0.717, 1.165) is 24.2 Å². The van der Waals surface area contributed by atoms with Crippen molar-refractivity contribution in [3.63, 3.8) is 0 Å². The lowest BCUT2D eigenvalue weighted by Gasteiger charge is -2.57. The van der Waals surface area contributed by atoms with Crippen molar-refractivity contribution in [2.75, 3.05) is 13.2 Å². The first-order chi connectivity index (χ1) is 12.5. The predicted octanol–water partition coefficient (Wildman–Crippen LogP) is 2.89. The molecule has 0 unspecified atom stereocenters. The van der Waals surface area contributed by atoms with E-state index in [1.165, 1.54) is 38.5 Å². The van der Waals surface area contributed by atoms with Gasteiger partial charge in [-0.2, -0.15) is 0 Å². The Kier molecular flexibility index (Phi) is 4.63. The number of nitrogens with two attached hydrogens (primary N) is 1. The van der Waals surface area contributed by atoms with Gasteiger partial charge in [0.1, 0.15) is 5.75 Å². The fourth-order valence-electron chi connectivity index (χ4n) is 6.06. The van der Waals surface area contributed by atoms with Gasteiger partial charge in [-0.05, 0) is 80.2 Å². The first kappa shape index (κ1) is 17.4. The van der Waals surface area contributed by atoms with Crippen molar-refractivity contribution in [1.82, 2.24) is 5.32 Å². The molecule has 4 aliphatic rings. The minimum absolute atomic E-state index is 0.144. The summed E-state index contributed by atoms with van der Waals surface area (Å²) in [5.74, 6) is 2.50. The Labute approximate surface area is 154 Å². The Morgan fingerprint density at radius 3 is 2.31 bits per heavy atom. The molecule has 1 aromatic carbocycles. The van der Waals surface area contributed by atoms with Crippen molar-refractivity contribution in [3.05, 3.63) is 29.8 Å². The zero-order valence-electron chi connectivity index (χ0n) is 15.2. The van der Waals surface area contributed by atoms with Crippen LogP contribution in [0.4, 0.5) is 0 Å². The number of hydrogen-bond donors (Lipinski definition) is 2. The Bertz CT molecular complexity index is 665. The van der Waals surface area contributed by atoms with Crippen molar-refractivity contribution < 1.29 is 14.3 Å². The molecule has 4 bridgehead atoms. The molecule has 5 rings (SSSR count). The van der Waals surface area contributed by atoms with Crippen molar-refractivity contribution in [3.8, 4) is 5.75 Å². The van der Waals surface area contributed by atoms with Gasteiger partial charge in [-0.1, -0.05) is 12.1 Å². The molecule has 4 saturated carbocycles. The summed E-state index contributed by atoms with van der Waals surface area (Å²) < 4.78 is 5.36. The maximum atomic E-state index is 12.6. The highest BCUT2D eigenvalue weighted by atomic mass is 16.5. The van der Waals surface area contributed by atoms with E-state index in [9.17, 15) is 9.59 Å². The third-order valence-electron chi connectivity index (χ3n) is 6.61. The molecule has 2 amide bonds. The molecule has 140 valence electrons. The summed E-state index contributed by atoms with van der Waals surface area (Å²) in [7, 11) is 0. The lowest BCUT2D eigenvalue weighted by atomic mass is 9.49. The van der Waals surface area contributed by atoms with E-state index in [0.29, 0.717) is 23.3 Å². The van der Waals surface area contributed by atoms with E-state index in [4.69, 9.17) is 10.5 Å². The first-order valence-electron chi connectivity index (χ1n) is 9.81. The largest absolute Gasteiger partial charge is 0.483 e. The minimum atomic E-state index is -0.554. The molecule has 0 aromatic heterocycles. The lowest BCUT2D eigenvalue weighted by Crippen LogP contribution is -2.47. The van der Waals surface area contributed by atoms with Crippen LogP contribution >= 0.6 is 0 Å². The molecule has 1 aromatic rings. The monoisotopic (exact) mass is 356 g/mol. The van der Waals surface area contributed by atoms with E-state index in [1.807, 2.05) is 0 Å². The molecule has 0 spiro atoms. The summed E-state index contributed by atoms with van der Waals surface area (Å²) in [5, 5.41) is 3.07. The lowest BCUT2D eigenvalue weighted by molar-refractivity contribution is -0.119. The van der Waals surface area contributed by atoms with Crippen LogP contribution in [0.3, 0.4) is 0 Å². The van der Waals surface area contributed by atoms with Gasteiger partial charge < -0.3 is 15.8 Å². The molecule has 5 nitrogen and oxygen atoms in total. The number of primary amides is 1. The van der Waals surface area contributed by atoms with Crippen LogP contribution in [0.25, 0.3) is 0 Å². The number of carbonyl (C=O) groups is 2. The minimum Gasteiger partial charge on any atom is -0.483 e. The van der Waals surface area contributed by atoms with Crippen molar-refractivity contribution in [2.24, 2.45) is 28.9 Å². The molecule has 0 radical (unpaired) electrons. The number of para-hydroxylation sites is 1. The summed E-state index contributed by atoms with van der Waals surface area (Å²) in [6.07, 6.45) is 9.46. The third kappa shape index (κ3) is 3.57. The first-order valence-corrected chi connectivity index (χ1v) is 9.81. The molecule has 4 fully saturated rings. The van der Waals surface area contributed by atoms with Crippen molar-refractivity contribution in [2.45, 2.75) is 44.9 Å².